The fraction of sp³-hybridized carbons (Fsp3) is 0.316. The summed E-state index contributed by atoms with van der Waals surface area (Å²) in [7, 11) is -1.99. The van der Waals surface area contributed by atoms with Crippen molar-refractivity contribution < 1.29 is 17.9 Å². The standard InChI is InChI=1S/C19H22BrN3O4S/c1-27-17-6-4-15(5-7-17)21-19(24)23-12-10-16(11-13-23)22-28(25,26)18-8-2-14(20)3-9-18/h2-9,16,22H,10-13H2,1H3,(H,21,24). The lowest BCUT2D eigenvalue weighted by atomic mass is 10.1. The lowest BCUT2D eigenvalue weighted by Gasteiger charge is -2.32. The first-order valence-electron chi connectivity index (χ1n) is 8.85. The first-order valence-corrected chi connectivity index (χ1v) is 11.1. The summed E-state index contributed by atoms with van der Waals surface area (Å²) in [6, 6.07) is 13.2. The normalized spacial score (nSPS) is 15.3. The number of sulfonamides is 1. The minimum absolute atomic E-state index is 0.195. The quantitative estimate of drug-likeness (QED) is 0.704. The van der Waals surface area contributed by atoms with Crippen molar-refractivity contribution in [2.75, 3.05) is 25.5 Å². The Balaban J connectivity index is 1.52. The second kappa shape index (κ2) is 8.93. The van der Waals surface area contributed by atoms with E-state index in [2.05, 4.69) is 26.0 Å². The summed E-state index contributed by atoms with van der Waals surface area (Å²) >= 11 is 3.30. The van der Waals surface area contributed by atoms with E-state index in [4.69, 9.17) is 4.74 Å². The molecule has 1 aliphatic heterocycles. The van der Waals surface area contributed by atoms with Gasteiger partial charge in [-0.25, -0.2) is 17.9 Å². The van der Waals surface area contributed by atoms with Crippen molar-refractivity contribution in [1.82, 2.24) is 9.62 Å². The number of likely N-dealkylation sites (tertiary alicyclic amines) is 1. The highest BCUT2D eigenvalue weighted by Crippen LogP contribution is 2.19. The molecule has 1 fully saturated rings. The number of carbonyl (C=O) groups excluding carboxylic acids is 1. The molecule has 0 aromatic heterocycles. The molecule has 2 N–H and O–H groups in total. The molecule has 0 aliphatic carbocycles. The lowest BCUT2D eigenvalue weighted by molar-refractivity contribution is 0.193. The molecule has 28 heavy (non-hydrogen) atoms. The maximum atomic E-state index is 12.5. The van der Waals surface area contributed by atoms with E-state index in [1.54, 1.807) is 60.5 Å². The number of nitrogens with one attached hydrogen (secondary N) is 2. The van der Waals surface area contributed by atoms with Gasteiger partial charge in [-0.3, -0.25) is 0 Å². The Bertz CT molecular complexity index is 909. The molecule has 0 saturated carbocycles. The van der Waals surface area contributed by atoms with Gasteiger partial charge in [0, 0.05) is 29.3 Å². The number of amides is 2. The first-order chi connectivity index (χ1) is 13.4. The number of methoxy groups -OCH3 is 1. The van der Waals surface area contributed by atoms with Crippen molar-refractivity contribution in [1.29, 1.82) is 0 Å². The van der Waals surface area contributed by atoms with Crippen LogP contribution in [-0.4, -0.2) is 45.6 Å². The van der Waals surface area contributed by atoms with E-state index in [1.807, 2.05) is 0 Å². The van der Waals surface area contributed by atoms with Crippen LogP contribution < -0.4 is 14.8 Å². The highest BCUT2D eigenvalue weighted by molar-refractivity contribution is 9.10. The van der Waals surface area contributed by atoms with Gasteiger partial charge in [0.1, 0.15) is 5.75 Å². The van der Waals surface area contributed by atoms with Crippen molar-refractivity contribution in [3.63, 3.8) is 0 Å². The van der Waals surface area contributed by atoms with Crippen LogP contribution in [0.25, 0.3) is 0 Å². The third kappa shape index (κ3) is 5.24. The van der Waals surface area contributed by atoms with E-state index >= 15 is 0 Å². The molecule has 0 atom stereocenters. The zero-order chi connectivity index (χ0) is 20.1. The molecule has 9 heteroatoms. The summed E-state index contributed by atoms with van der Waals surface area (Å²) < 4.78 is 33.6. The molecule has 0 spiro atoms. The van der Waals surface area contributed by atoms with Gasteiger partial charge in [0.15, 0.2) is 0 Å². The van der Waals surface area contributed by atoms with Crippen molar-refractivity contribution >= 4 is 37.7 Å². The Morgan fingerprint density at radius 1 is 1.07 bits per heavy atom. The molecule has 7 nitrogen and oxygen atoms in total. The molecule has 2 aromatic carbocycles. The maximum absolute atomic E-state index is 12.5. The van der Waals surface area contributed by atoms with E-state index in [0.717, 1.165) is 10.2 Å². The SMILES string of the molecule is COc1ccc(NC(=O)N2CCC(NS(=O)(=O)c3ccc(Br)cc3)CC2)cc1. The average molecular weight is 468 g/mol. The number of carbonyl (C=O) groups is 1. The third-order valence-electron chi connectivity index (χ3n) is 4.57. The second-order valence-electron chi connectivity index (χ2n) is 6.50. The Hall–Kier alpha value is -2.10. The fourth-order valence-electron chi connectivity index (χ4n) is 2.98. The topological polar surface area (TPSA) is 87.7 Å². The van der Waals surface area contributed by atoms with Crippen LogP contribution in [0, 0.1) is 0 Å². The van der Waals surface area contributed by atoms with E-state index in [0.29, 0.717) is 31.6 Å². The molecule has 1 heterocycles. The van der Waals surface area contributed by atoms with Gasteiger partial charge < -0.3 is 15.0 Å². The number of hydrogen-bond donors (Lipinski definition) is 2. The number of hydrogen-bond acceptors (Lipinski definition) is 4. The fourth-order valence-corrected chi connectivity index (χ4v) is 4.55. The Kier molecular flexibility index (Phi) is 6.58. The molecule has 1 aliphatic rings. The monoisotopic (exact) mass is 467 g/mol. The van der Waals surface area contributed by atoms with Crippen molar-refractivity contribution in [3.05, 3.63) is 53.0 Å². The van der Waals surface area contributed by atoms with Gasteiger partial charge in [0.05, 0.1) is 12.0 Å². The van der Waals surface area contributed by atoms with Gasteiger partial charge >= 0.3 is 6.03 Å². The second-order valence-corrected chi connectivity index (χ2v) is 9.12. The van der Waals surface area contributed by atoms with Gasteiger partial charge in [0.2, 0.25) is 10.0 Å². The van der Waals surface area contributed by atoms with Gasteiger partial charge in [-0.2, -0.15) is 0 Å². The van der Waals surface area contributed by atoms with Crippen LogP contribution in [0.1, 0.15) is 12.8 Å². The Labute approximate surface area is 173 Å². The predicted octanol–water partition coefficient (Wildman–Crippen LogP) is 3.43. The summed E-state index contributed by atoms with van der Waals surface area (Å²) in [4.78, 5) is 14.3. The van der Waals surface area contributed by atoms with Crippen LogP contribution >= 0.6 is 15.9 Å². The average Bonchev–Trinajstić information content (AvgIpc) is 2.69. The summed E-state index contributed by atoms with van der Waals surface area (Å²) in [5.74, 6) is 0.719. The summed E-state index contributed by atoms with van der Waals surface area (Å²) in [5, 5.41) is 2.85. The number of nitrogens with zero attached hydrogens (tertiary/aromatic N) is 1. The predicted molar refractivity (Wildman–Crippen MR) is 111 cm³/mol. The largest absolute Gasteiger partial charge is 0.497 e. The molecule has 150 valence electrons. The van der Waals surface area contributed by atoms with Crippen LogP contribution in [0.4, 0.5) is 10.5 Å². The molecular formula is C19H22BrN3O4S. The van der Waals surface area contributed by atoms with Crippen LogP contribution in [0.15, 0.2) is 57.9 Å². The van der Waals surface area contributed by atoms with Crippen molar-refractivity contribution in [2.24, 2.45) is 0 Å². The molecule has 2 aromatic rings. The molecular weight excluding hydrogens is 446 g/mol. The van der Waals surface area contributed by atoms with E-state index < -0.39 is 10.0 Å². The van der Waals surface area contributed by atoms with Crippen molar-refractivity contribution in [2.45, 2.75) is 23.8 Å². The number of halogens is 1. The van der Waals surface area contributed by atoms with Gasteiger partial charge in [-0.05, 0) is 61.4 Å². The van der Waals surface area contributed by atoms with Crippen LogP contribution in [-0.2, 0) is 10.0 Å². The van der Waals surface area contributed by atoms with Crippen molar-refractivity contribution in [3.8, 4) is 5.75 Å². The Morgan fingerprint density at radius 3 is 2.25 bits per heavy atom. The third-order valence-corrected chi connectivity index (χ3v) is 6.63. The van der Waals surface area contributed by atoms with E-state index in [9.17, 15) is 13.2 Å². The Morgan fingerprint density at radius 2 is 1.68 bits per heavy atom. The number of ether oxygens (including phenoxy) is 1. The molecule has 0 unspecified atom stereocenters. The highest BCUT2D eigenvalue weighted by atomic mass is 79.9. The lowest BCUT2D eigenvalue weighted by Crippen LogP contribution is -2.47. The zero-order valence-corrected chi connectivity index (χ0v) is 17.8. The summed E-state index contributed by atoms with van der Waals surface area (Å²) in [6.07, 6.45) is 1.12. The zero-order valence-electron chi connectivity index (χ0n) is 15.4. The minimum Gasteiger partial charge on any atom is -0.497 e. The highest BCUT2D eigenvalue weighted by Gasteiger charge is 2.26. The van der Waals surface area contributed by atoms with Gasteiger partial charge in [-0.1, -0.05) is 15.9 Å². The smallest absolute Gasteiger partial charge is 0.321 e. The van der Waals surface area contributed by atoms with Crippen LogP contribution in [0.5, 0.6) is 5.75 Å². The maximum Gasteiger partial charge on any atom is 0.321 e. The summed E-state index contributed by atoms with van der Waals surface area (Å²) in [6.45, 7) is 0.963. The number of benzene rings is 2. The molecule has 0 bridgehead atoms. The number of rotatable bonds is 5. The number of urea groups is 1. The minimum atomic E-state index is -3.57. The van der Waals surface area contributed by atoms with Gasteiger partial charge in [0.25, 0.3) is 0 Å². The molecule has 2 amide bonds. The first kappa shape index (κ1) is 20.6. The van der Waals surface area contributed by atoms with Crippen LogP contribution in [0.3, 0.4) is 0 Å². The van der Waals surface area contributed by atoms with E-state index in [-0.39, 0.29) is 17.0 Å². The molecule has 0 radical (unpaired) electrons. The van der Waals surface area contributed by atoms with E-state index in [1.165, 1.54) is 0 Å². The molecule has 3 rings (SSSR count). The molecule has 1 saturated heterocycles. The van der Waals surface area contributed by atoms with Gasteiger partial charge in [-0.15, -0.1) is 0 Å². The number of piperidine rings is 1. The summed E-state index contributed by atoms with van der Waals surface area (Å²) in [5.41, 5.74) is 0.684. The van der Waals surface area contributed by atoms with Crippen LogP contribution in [0.2, 0.25) is 0 Å². The number of anilines is 1.